The zero-order valence-corrected chi connectivity index (χ0v) is 14.8. The molecule has 1 aromatic rings. The number of carbonyl (C=O) groups excluding carboxylic acids is 2. The van der Waals surface area contributed by atoms with Gasteiger partial charge in [-0.2, -0.15) is 0 Å². The lowest BCUT2D eigenvalue weighted by molar-refractivity contribution is -0.134. The molecule has 1 aliphatic heterocycles. The molecule has 0 unspecified atom stereocenters. The Hall–Kier alpha value is -0.920. The van der Waals surface area contributed by atoms with Crippen LogP contribution in [0, 0.1) is 0 Å². The summed E-state index contributed by atoms with van der Waals surface area (Å²) in [6.45, 7) is 3.21. The number of rotatable bonds is 4. The summed E-state index contributed by atoms with van der Waals surface area (Å²) in [5.74, 6) is 0.504. The van der Waals surface area contributed by atoms with E-state index in [-0.39, 0.29) is 12.5 Å². The molecule has 1 saturated heterocycles. The molecule has 2 rings (SSSR count). The molecule has 0 saturated carbocycles. The summed E-state index contributed by atoms with van der Waals surface area (Å²) in [5.41, 5.74) is 0.534. The normalized spacial score (nSPS) is 15.9. The van der Waals surface area contributed by atoms with Crippen molar-refractivity contribution in [1.82, 2.24) is 9.80 Å². The van der Waals surface area contributed by atoms with E-state index in [4.69, 9.17) is 4.74 Å². The largest absolute Gasteiger partial charge is 0.481 e. The highest BCUT2D eigenvalue weighted by Gasteiger charge is 2.20. The molecule has 5 nitrogen and oxygen atoms in total. The van der Waals surface area contributed by atoms with E-state index in [2.05, 4.69) is 36.8 Å². The van der Waals surface area contributed by atoms with Gasteiger partial charge in [0.2, 0.25) is 0 Å². The van der Waals surface area contributed by atoms with Crippen molar-refractivity contribution in [2.75, 3.05) is 39.8 Å². The van der Waals surface area contributed by atoms with Gasteiger partial charge in [-0.05, 0) is 51.0 Å². The molecule has 0 bridgehead atoms. The highest BCUT2D eigenvalue weighted by atomic mass is 79.9. The Bertz CT molecular complexity index is 520. The summed E-state index contributed by atoms with van der Waals surface area (Å²) < 4.78 is 6.88. The minimum Gasteiger partial charge on any atom is -0.481 e. The van der Waals surface area contributed by atoms with Crippen LogP contribution in [0.3, 0.4) is 0 Å². The third kappa shape index (κ3) is 4.28. The van der Waals surface area contributed by atoms with E-state index in [9.17, 15) is 9.59 Å². The van der Waals surface area contributed by atoms with E-state index in [0.29, 0.717) is 20.3 Å². The second-order valence-corrected chi connectivity index (χ2v) is 6.61. The molecule has 0 atom stereocenters. The van der Waals surface area contributed by atoms with Crippen molar-refractivity contribution in [2.24, 2.45) is 0 Å². The van der Waals surface area contributed by atoms with Crippen LogP contribution < -0.4 is 4.74 Å². The van der Waals surface area contributed by atoms with Crippen LogP contribution in [0.4, 0.5) is 0 Å². The van der Waals surface area contributed by atoms with E-state index in [1.165, 1.54) is 0 Å². The number of halogens is 2. The second kappa shape index (κ2) is 7.38. The molecule has 0 aromatic heterocycles. The van der Waals surface area contributed by atoms with Gasteiger partial charge in [-0.25, -0.2) is 0 Å². The van der Waals surface area contributed by atoms with Crippen molar-refractivity contribution in [3.05, 3.63) is 26.6 Å². The Labute approximate surface area is 140 Å². The van der Waals surface area contributed by atoms with E-state index < -0.39 is 0 Å². The first-order valence-electron chi connectivity index (χ1n) is 6.54. The number of piperazine rings is 1. The predicted molar refractivity (Wildman–Crippen MR) is 86.8 cm³/mol. The minimum atomic E-state index is -0.0265. The summed E-state index contributed by atoms with van der Waals surface area (Å²) in [6, 6.07) is 3.32. The second-order valence-electron chi connectivity index (χ2n) is 4.90. The van der Waals surface area contributed by atoms with Crippen LogP contribution in [0.5, 0.6) is 5.75 Å². The summed E-state index contributed by atoms with van der Waals surface area (Å²) in [7, 11) is 2.04. The molecule has 0 aliphatic carbocycles. The third-order valence-corrected chi connectivity index (χ3v) is 4.53. The van der Waals surface area contributed by atoms with E-state index in [0.717, 1.165) is 32.5 Å². The van der Waals surface area contributed by atoms with Gasteiger partial charge in [-0.3, -0.25) is 9.59 Å². The number of nitrogens with zero attached hydrogens (tertiary/aromatic N) is 2. The highest BCUT2D eigenvalue weighted by molar-refractivity contribution is 9.11. The van der Waals surface area contributed by atoms with Crippen molar-refractivity contribution in [2.45, 2.75) is 0 Å². The van der Waals surface area contributed by atoms with Crippen LogP contribution in [0.1, 0.15) is 10.4 Å². The SMILES string of the molecule is CN1CCN(C(=O)COc2c(Br)cc(C=O)cc2Br)CC1. The van der Waals surface area contributed by atoms with E-state index in [1.54, 1.807) is 12.1 Å². The van der Waals surface area contributed by atoms with Crippen molar-refractivity contribution in [1.29, 1.82) is 0 Å². The van der Waals surface area contributed by atoms with Crippen LogP contribution in [0.2, 0.25) is 0 Å². The average Bonchev–Trinajstić information content (AvgIpc) is 2.46. The van der Waals surface area contributed by atoms with Crippen molar-refractivity contribution < 1.29 is 14.3 Å². The predicted octanol–water partition coefficient (Wildman–Crippen LogP) is 2.18. The average molecular weight is 420 g/mol. The smallest absolute Gasteiger partial charge is 0.260 e. The van der Waals surface area contributed by atoms with Crippen LogP contribution in [-0.2, 0) is 4.79 Å². The molecule has 0 spiro atoms. The molecule has 0 radical (unpaired) electrons. The van der Waals surface area contributed by atoms with Crippen molar-refractivity contribution >= 4 is 44.1 Å². The summed E-state index contributed by atoms with van der Waals surface area (Å²) >= 11 is 6.69. The Morgan fingerprint density at radius 3 is 2.33 bits per heavy atom. The van der Waals surface area contributed by atoms with Gasteiger partial charge in [0.05, 0.1) is 8.95 Å². The Morgan fingerprint density at radius 2 is 1.81 bits per heavy atom. The molecule has 7 heteroatoms. The third-order valence-electron chi connectivity index (χ3n) is 3.35. The first-order valence-corrected chi connectivity index (χ1v) is 8.13. The fourth-order valence-electron chi connectivity index (χ4n) is 2.07. The van der Waals surface area contributed by atoms with Crippen molar-refractivity contribution in [3.63, 3.8) is 0 Å². The van der Waals surface area contributed by atoms with Crippen LogP contribution in [0.15, 0.2) is 21.1 Å². The monoisotopic (exact) mass is 418 g/mol. The highest BCUT2D eigenvalue weighted by Crippen LogP contribution is 2.34. The number of benzene rings is 1. The number of hydrogen-bond acceptors (Lipinski definition) is 4. The zero-order chi connectivity index (χ0) is 15.4. The lowest BCUT2D eigenvalue weighted by Gasteiger charge is -2.32. The van der Waals surface area contributed by atoms with Gasteiger partial charge in [-0.1, -0.05) is 0 Å². The number of aldehydes is 1. The van der Waals surface area contributed by atoms with E-state index >= 15 is 0 Å². The first-order chi connectivity index (χ1) is 10.0. The summed E-state index contributed by atoms with van der Waals surface area (Å²) in [5, 5.41) is 0. The molecule has 1 aromatic carbocycles. The van der Waals surface area contributed by atoms with Crippen LogP contribution >= 0.6 is 31.9 Å². The maximum Gasteiger partial charge on any atom is 0.260 e. The number of amides is 1. The fraction of sp³-hybridized carbons (Fsp3) is 0.429. The lowest BCUT2D eigenvalue weighted by Crippen LogP contribution is -2.48. The van der Waals surface area contributed by atoms with Crippen molar-refractivity contribution in [3.8, 4) is 5.75 Å². The number of hydrogen-bond donors (Lipinski definition) is 0. The molecule has 1 amide bonds. The van der Waals surface area contributed by atoms with E-state index in [1.807, 2.05) is 11.9 Å². The molecule has 21 heavy (non-hydrogen) atoms. The lowest BCUT2D eigenvalue weighted by atomic mass is 10.2. The van der Waals surface area contributed by atoms with Gasteiger partial charge >= 0.3 is 0 Å². The van der Waals surface area contributed by atoms with Gasteiger partial charge in [0, 0.05) is 31.7 Å². The van der Waals surface area contributed by atoms with Crippen LogP contribution in [0.25, 0.3) is 0 Å². The van der Waals surface area contributed by atoms with Gasteiger partial charge in [0.25, 0.3) is 5.91 Å². The quantitative estimate of drug-likeness (QED) is 0.702. The number of ether oxygens (including phenoxy) is 1. The summed E-state index contributed by atoms with van der Waals surface area (Å²) in [6.07, 6.45) is 0.759. The standard InChI is InChI=1S/C14H16Br2N2O3/c1-17-2-4-18(5-3-17)13(20)9-21-14-11(15)6-10(8-19)7-12(14)16/h6-8H,2-5,9H2,1H3. The molecule has 1 aliphatic rings. The zero-order valence-electron chi connectivity index (χ0n) is 11.6. The molecular weight excluding hydrogens is 404 g/mol. The Kier molecular flexibility index (Phi) is 5.78. The fourth-order valence-corrected chi connectivity index (χ4v) is 3.52. The van der Waals surface area contributed by atoms with Gasteiger partial charge in [0.15, 0.2) is 6.61 Å². The number of likely N-dealkylation sites (N-methyl/N-ethyl adjacent to an activating group) is 1. The maximum absolute atomic E-state index is 12.1. The summed E-state index contributed by atoms with van der Waals surface area (Å²) in [4.78, 5) is 26.9. The topological polar surface area (TPSA) is 49.9 Å². The molecule has 1 heterocycles. The number of carbonyl (C=O) groups is 2. The minimum absolute atomic E-state index is 0.0125. The molecule has 0 N–H and O–H groups in total. The Morgan fingerprint density at radius 1 is 1.24 bits per heavy atom. The molecular formula is C14H16Br2N2O3. The molecule has 1 fully saturated rings. The molecule has 114 valence electrons. The van der Waals surface area contributed by atoms with Crippen LogP contribution in [-0.4, -0.2) is 61.8 Å². The van der Waals surface area contributed by atoms with Gasteiger partial charge in [0.1, 0.15) is 12.0 Å². The van der Waals surface area contributed by atoms with Gasteiger partial charge in [-0.15, -0.1) is 0 Å². The Balaban J connectivity index is 1.97. The van der Waals surface area contributed by atoms with Gasteiger partial charge < -0.3 is 14.5 Å². The maximum atomic E-state index is 12.1. The first kappa shape index (κ1) is 16.5.